The zero-order valence-electron chi connectivity index (χ0n) is 13.3. The van der Waals surface area contributed by atoms with Crippen molar-refractivity contribution < 1.29 is 27.9 Å². The first-order chi connectivity index (χ1) is 11.6. The van der Waals surface area contributed by atoms with Crippen molar-refractivity contribution in [2.24, 2.45) is 0 Å². The van der Waals surface area contributed by atoms with Crippen molar-refractivity contribution >= 4 is 23.4 Å². The standard InChI is InChI=1S/C15H15F3N4O3/c1-8-13(9(2)22(21-8)7-12(23)24)20-14(25)19-11-5-3-4-10(6-11)15(16,17)18/h3-6H,7H2,1-2H3,(H,23,24)(H2,19,20,25). The summed E-state index contributed by atoms with van der Waals surface area (Å²) >= 11 is 0. The molecule has 0 saturated carbocycles. The molecule has 1 aromatic heterocycles. The number of aromatic nitrogens is 2. The van der Waals surface area contributed by atoms with E-state index in [-0.39, 0.29) is 12.2 Å². The molecule has 2 aromatic rings. The van der Waals surface area contributed by atoms with E-state index >= 15 is 0 Å². The van der Waals surface area contributed by atoms with Crippen LogP contribution >= 0.6 is 0 Å². The fraction of sp³-hybridized carbons (Fsp3) is 0.267. The zero-order valence-corrected chi connectivity index (χ0v) is 13.3. The number of benzene rings is 1. The molecule has 0 aliphatic rings. The van der Waals surface area contributed by atoms with Gasteiger partial charge in [0.05, 0.1) is 22.6 Å². The molecule has 0 atom stereocenters. The first-order valence-electron chi connectivity index (χ1n) is 7.09. The lowest BCUT2D eigenvalue weighted by atomic mass is 10.2. The third-order valence-electron chi connectivity index (χ3n) is 3.35. The Labute approximate surface area is 140 Å². The first-order valence-corrected chi connectivity index (χ1v) is 7.09. The molecule has 0 bridgehead atoms. The molecule has 2 amide bonds. The van der Waals surface area contributed by atoms with Crippen molar-refractivity contribution in [3.05, 3.63) is 41.2 Å². The Balaban J connectivity index is 2.13. The Morgan fingerprint density at radius 3 is 2.52 bits per heavy atom. The molecular formula is C15H15F3N4O3. The third-order valence-corrected chi connectivity index (χ3v) is 3.35. The van der Waals surface area contributed by atoms with Gasteiger partial charge in [-0.2, -0.15) is 18.3 Å². The molecular weight excluding hydrogens is 341 g/mol. The number of hydrogen-bond donors (Lipinski definition) is 3. The van der Waals surface area contributed by atoms with Gasteiger partial charge in [0, 0.05) is 5.69 Å². The normalized spacial score (nSPS) is 11.2. The fourth-order valence-electron chi connectivity index (χ4n) is 2.21. The summed E-state index contributed by atoms with van der Waals surface area (Å²) in [6, 6.07) is 3.45. The number of carboxylic acids is 1. The van der Waals surface area contributed by atoms with E-state index in [0.717, 1.165) is 12.1 Å². The number of nitrogens with one attached hydrogen (secondary N) is 2. The first kappa shape index (κ1) is 18.3. The Morgan fingerprint density at radius 1 is 1.24 bits per heavy atom. The van der Waals surface area contributed by atoms with E-state index in [2.05, 4.69) is 15.7 Å². The van der Waals surface area contributed by atoms with Gasteiger partial charge in [0.1, 0.15) is 6.54 Å². The number of rotatable bonds is 4. The van der Waals surface area contributed by atoms with E-state index < -0.39 is 23.7 Å². The SMILES string of the molecule is Cc1nn(CC(=O)O)c(C)c1NC(=O)Nc1cccc(C(F)(F)F)c1. The zero-order chi connectivity index (χ0) is 18.8. The summed E-state index contributed by atoms with van der Waals surface area (Å²) in [5, 5.41) is 17.6. The molecule has 25 heavy (non-hydrogen) atoms. The van der Waals surface area contributed by atoms with E-state index in [4.69, 9.17) is 5.11 Å². The van der Waals surface area contributed by atoms with Crippen molar-refractivity contribution in [3.63, 3.8) is 0 Å². The van der Waals surface area contributed by atoms with Gasteiger partial charge in [-0.3, -0.25) is 9.48 Å². The van der Waals surface area contributed by atoms with Crippen LogP contribution < -0.4 is 10.6 Å². The van der Waals surface area contributed by atoms with Gasteiger partial charge in [0.15, 0.2) is 0 Å². The van der Waals surface area contributed by atoms with E-state index in [1.807, 2.05) is 0 Å². The second kappa shape index (κ2) is 6.83. The topological polar surface area (TPSA) is 96.2 Å². The number of urea groups is 1. The quantitative estimate of drug-likeness (QED) is 0.783. The molecule has 0 unspecified atom stereocenters. The van der Waals surface area contributed by atoms with Crippen LogP contribution in [-0.2, 0) is 17.5 Å². The highest BCUT2D eigenvalue weighted by molar-refractivity contribution is 6.00. The Bertz CT molecular complexity index is 815. The molecule has 7 nitrogen and oxygen atoms in total. The molecule has 0 saturated heterocycles. The minimum Gasteiger partial charge on any atom is -0.480 e. The number of carbonyl (C=O) groups excluding carboxylic acids is 1. The van der Waals surface area contributed by atoms with Crippen LogP contribution in [0.15, 0.2) is 24.3 Å². The van der Waals surface area contributed by atoms with Gasteiger partial charge >= 0.3 is 18.2 Å². The summed E-state index contributed by atoms with van der Waals surface area (Å²) in [7, 11) is 0. The van der Waals surface area contributed by atoms with Gasteiger partial charge in [0.2, 0.25) is 0 Å². The van der Waals surface area contributed by atoms with Crippen LogP contribution in [-0.4, -0.2) is 26.9 Å². The number of hydrogen-bond acceptors (Lipinski definition) is 3. The van der Waals surface area contributed by atoms with Crippen molar-refractivity contribution in [1.82, 2.24) is 9.78 Å². The molecule has 134 valence electrons. The molecule has 3 N–H and O–H groups in total. The minimum atomic E-state index is -4.51. The Morgan fingerprint density at radius 2 is 1.92 bits per heavy atom. The number of amides is 2. The largest absolute Gasteiger partial charge is 0.480 e. The number of aryl methyl sites for hydroxylation is 1. The Hall–Kier alpha value is -3.04. The molecule has 2 rings (SSSR count). The second-order valence-corrected chi connectivity index (χ2v) is 5.25. The molecule has 0 aliphatic carbocycles. The number of carbonyl (C=O) groups is 2. The summed E-state index contributed by atoms with van der Waals surface area (Å²) in [5.41, 5.74) is 0.190. The van der Waals surface area contributed by atoms with Gasteiger partial charge in [-0.05, 0) is 32.0 Å². The Kier molecular flexibility index (Phi) is 5.00. The minimum absolute atomic E-state index is 0.0273. The summed E-state index contributed by atoms with van der Waals surface area (Å²) in [6.07, 6.45) is -4.51. The maximum absolute atomic E-state index is 12.7. The lowest BCUT2D eigenvalue weighted by molar-refractivity contribution is -0.138. The number of nitrogens with zero attached hydrogens (tertiary/aromatic N) is 2. The highest BCUT2D eigenvalue weighted by atomic mass is 19.4. The van der Waals surface area contributed by atoms with Gasteiger partial charge in [0.25, 0.3) is 0 Å². The molecule has 0 radical (unpaired) electrons. The number of carboxylic acid groups (broad SMARTS) is 1. The second-order valence-electron chi connectivity index (χ2n) is 5.25. The van der Waals surface area contributed by atoms with Crippen LogP contribution in [0.25, 0.3) is 0 Å². The molecule has 0 aliphatic heterocycles. The fourth-order valence-corrected chi connectivity index (χ4v) is 2.21. The highest BCUT2D eigenvalue weighted by Crippen LogP contribution is 2.30. The smallest absolute Gasteiger partial charge is 0.416 e. The van der Waals surface area contributed by atoms with Gasteiger partial charge in [-0.25, -0.2) is 4.79 Å². The summed E-state index contributed by atoms with van der Waals surface area (Å²) < 4.78 is 39.2. The third kappa shape index (κ3) is 4.49. The average molecular weight is 356 g/mol. The molecule has 10 heteroatoms. The van der Waals surface area contributed by atoms with Crippen molar-refractivity contribution in [2.75, 3.05) is 10.6 Å². The molecule has 0 spiro atoms. The van der Waals surface area contributed by atoms with Crippen molar-refractivity contribution in [3.8, 4) is 0 Å². The summed E-state index contributed by atoms with van der Waals surface area (Å²) in [6.45, 7) is 2.78. The van der Waals surface area contributed by atoms with Crippen LogP contribution in [0.1, 0.15) is 17.0 Å². The van der Waals surface area contributed by atoms with E-state index in [0.29, 0.717) is 17.1 Å². The average Bonchev–Trinajstić information content (AvgIpc) is 2.73. The van der Waals surface area contributed by atoms with Crippen LogP contribution in [0.2, 0.25) is 0 Å². The number of aliphatic carboxylic acids is 1. The van der Waals surface area contributed by atoms with Crippen LogP contribution in [0.4, 0.5) is 29.3 Å². The van der Waals surface area contributed by atoms with E-state index in [1.165, 1.54) is 16.8 Å². The predicted molar refractivity (Wildman–Crippen MR) is 83.4 cm³/mol. The van der Waals surface area contributed by atoms with Crippen LogP contribution in [0, 0.1) is 13.8 Å². The molecule has 1 heterocycles. The van der Waals surface area contributed by atoms with E-state index in [1.54, 1.807) is 13.8 Å². The molecule has 1 aromatic carbocycles. The predicted octanol–water partition coefficient (Wildman–Crippen LogP) is 3.25. The van der Waals surface area contributed by atoms with Gasteiger partial charge in [-0.15, -0.1) is 0 Å². The number of alkyl halides is 3. The highest BCUT2D eigenvalue weighted by Gasteiger charge is 2.30. The summed E-state index contributed by atoms with van der Waals surface area (Å²) in [5.74, 6) is -1.09. The lowest BCUT2D eigenvalue weighted by Crippen LogP contribution is -2.20. The summed E-state index contributed by atoms with van der Waals surface area (Å²) in [4.78, 5) is 22.8. The van der Waals surface area contributed by atoms with Gasteiger partial charge < -0.3 is 15.7 Å². The van der Waals surface area contributed by atoms with Crippen LogP contribution in [0.5, 0.6) is 0 Å². The molecule has 0 fully saturated rings. The number of halogens is 3. The lowest BCUT2D eigenvalue weighted by Gasteiger charge is -2.11. The van der Waals surface area contributed by atoms with Crippen molar-refractivity contribution in [2.45, 2.75) is 26.6 Å². The van der Waals surface area contributed by atoms with Crippen molar-refractivity contribution in [1.29, 1.82) is 0 Å². The van der Waals surface area contributed by atoms with Crippen LogP contribution in [0.3, 0.4) is 0 Å². The monoisotopic (exact) mass is 356 g/mol. The van der Waals surface area contributed by atoms with E-state index in [9.17, 15) is 22.8 Å². The maximum Gasteiger partial charge on any atom is 0.416 e. The van der Waals surface area contributed by atoms with Gasteiger partial charge in [-0.1, -0.05) is 6.07 Å². The maximum atomic E-state index is 12.7. The number of anilines is 2.